The van der Waals surface area contributed by atoms with Crippen molar-refractivity contribution in [2.24, 2.45) is 11.7 Å². The second kappa shape index (κ2) is 4.88. The third-order valence-electron chi connectivity index (χ3n) is 2.97. The Morgan fingerprint density at radius 1 is 1.44 bits per heavy atom. The van der Waals surface area contributed by atoms with Crippen LogP contribution in [0.25, 0.3) is 0 Å². The van der Waals surface area contributed by atoms with Crippen LogP contribution in [0.4, 0.5) is 0 Å². The van der Waals surface area contributed by atoms with Gasteiger partial charge in [0.05, 0.1) is 6.61 Å². The monoisotopic (exact) mass is 219 g/mol. The molecule has 16 heavy (non-hydrogen) atoms. The van der Waals surface area contributed by atoms with Gasteiger partial charge in [-0.2, -0.15) is 0 Å². The molecule has 0 radical (unpaired) electrons. The average Bonchev–Trinajstić information content (AvgIpc) is 2.99. The average molecular weight is 219 g/mol. The standard InChI is InChI=1S/C14H21NO/c1-10-7-13(8-11(2)15)5-6-14(10)16-9-12-3-4-12/h5-7,11-12H,3-4,8-9,15H2,1-2H3. The first-order chi connectivity index (χ1) is 7.65. The van der Waals surface area contributed by atoms with Gasteiger partial charge in [-0.25, -0.2) is 0 Å². The van der Waals surface area contributed by atoms with E-state index in [2.05, 4.69) is 25.1 Å². The molecule has 2 N–H and O–H groups in total. The van der Waals surface area contributed by atoms with Gasteiger partial charge in [-0.3, -0.25) is 0 Å². The Hall–Kier alpha value is -1.02. The van der Waals surface area contributed by atoms with E-state index in [1.165, 1.54) is 24.0 Å². The third-order valence-corrected chi connectivity index (χ3v) is 2.97. The number of hydrogen-bond acceptors (Lipinski definition) is 2. The normalized spacial score (nSPS) is 17.2. The van der Waals surface area contributed by atoms with Crippen LogP contribution in [0.5, 0.6) is 5.75 Å². The molecule has 0 spiro atoms. The summed E-state index contributed by atoms with van der Waals surface area (Å²) in [7, 11) is 0. The van der Waals surface area contributed by atoms with E-state index in [4.69, 9.17) is 10.5 Å². The smallest absolute Gasteiger partial charge is 0.122 e. The van der Waals surface area contributed by atoms with Gasteiger partial charge in [-0.05, 0) is 56.2 Å². The molecule has 2 nitrogen and oxygen atoms in total. The molecule has 1 aliphatic rings. The number of hydrogen-bond donors (Lipinski definition) is 1. The van der Waals surface area contributed by atoms with Crippen LogP contribution < -0.4 is 10.5 Å². The van der Waals surface area contributed by atoms with Gasteiger partial charge >= 0.3 is 0 Å². The molecule has 1 aliphatic carbocycles. The summed E-state index contributed by atoms with van der Waals surface area (Å²) in [6, 6.07) is 6.61. The predicted octanol–water partition coefficient (Wildman–Crippen LogP) is 2.67. The van der Waals surface area contributed by atoms with Crippen molar-refractivity contribution in [1.82, 2.24) is 0 Å². The van der Waals surface area contributed by atoms with Crippen molar-refractivity contribution in [3.8, 4) is 5.75 Å². The van der Waals surface area contributed by atoms with Crippen LogP contribution in [-0.4, -0.2) is 12.6 Å². The maximum Gasteiger partial charge on any atom is 0.122 e. The lowest BCUT2D eigenvalue weighted by Crippen LogP contribution is -2.17. The molecule has 1 unspecified atom stereocenters. The zero-order valence-electron chi connectivity index (χ0n) is 10.2. The van der Waals surface area contributed by atoms with Gasteiger partial charge in [-0.1, -0.05) is 12.1 Å². The van der Waals surface area contributed by atoms with E-state index in [1.807, 2.05) is 6.92 Å². The highest BCUT2D eigenvalue weighted by Crippen LogP contribution is 2.30. The number of rotatable bonds is 5. The van der Waals surface area contributed by atoms with Gasteiger partial charge in [-0.15, -0.1) is 0 Å². The summed E-state index contributed by atoms with van der Waals surface area (Å²) in [6.07, 6.45) is 3.60. The second-order valence-electron chi connectivity index (χ2n) is 5.04. The Labute approximate surface area is 97.8 Å². The lowest BCUT2D eigenvalue weighted by molar-refractivity contribution is 0.298. The number of ether oxygens (including phenoxy) is 1. The topological polar surface area (TPSA) is 35.2 Å². The van der Waals surface area contributed by atoms with Crippen molar-refractivity contribution >= 4 is 0 Å². The van der Waals surface area contributed by atoms with Crippen molar-refractivity contribution in [2.75, 3.05) is 6.61 Å². The highest BCUT2D eigenvalue weighted by molar-refractivity contribution is 5.36. The van der Waals surface area contributed by atoms with Crippen LogP contribution in [0.3, 0.4) is 0 Å². The Morgan fingerprint density at radius 2 is 2.19 bits per heavy atom. The maximum atomic E-state index is 5.79. The molecule has 0 aliphatic heterocycles. The highest BCUT2D eigenvalue weighted by atomic mass is 16.5. The molecule has 1 atom stereocenters. The third kappa shape index (κ3) is 3.24. The minimum Gasteiger partial charge on any atom is -0.493 e. The summed E-state index contributed by atoms with van der Waals surface area (Å²) in [5, 5.41) is 0. The molecule has 2 heteroatoms. The van der Waals surface area contributed by atoms with Crippen LogP contribution in [0, 0.1) is 12.8 Å². The van der Waals surface area contributed by atoms with E-state index in [9.17, 15) is 0 Å². The van der Waals surface area contributed by atoms with E-state index in [0.717, 1.165) is 24.7 Å². The first-order valence-electron chi connectivity index (χ1n) is 6.13. The minimum absolute atomic E-state index is 0.220. The summed E-state index contributed by atoms with van der Waals surface area (Å²) in [5.41, 5.74) is 8.31. The Kier molecular flexibility index (Phi) is 3.49. The van der Waals surface area contributed by atoms with Crippen LogP contribution in [-0.2, 0) is 6.42 Å². The van der Waals surface area contributed by atoms with Crippen molar-refractivity contribution in [3.63, 3.8) is 0 Å². The lowest BCUT2D eigenvalue weighted by atomic mass is 10.0. The lowest BCUT2D eigenvalue weighted by Gasteiger charge is -2.11. The maximum absolute atomic E-state index is 5.79. The zero-order chi connectivity index (χ0) is 11.5. The van der Waals surface area contributed by atoms with Crippen molar-refractivity contribution < 1.29 is 4.74 Å². The highest BCUT2D eigenvalue weighted by Gasteiger charge is 2.22. The van der Waals surface area contributed by atoms with E-state index in [1.54, 1.807) is 0 Å². The molecule has 0 heterocycles. The first kappa shape index (κ1) is 11.5. The van der Waals surface area contributed by atoms with Gasteiger partial charge in [0.2, 0.25) is 0 Å². The van der Waals surface area contributed by atoms with Crippen molar-refractivity contribution in [3.05, 3.63) is 29.3 Å². The second-order valence-corrected chi connectivity index (χ2v) is 5.04. The number of aryl methyl sites for hydroxylation is 1. The molecule has 1 fully saturated rings. The van der Waals surface area contributed by atoms with Crippen LogP contribution in [0.1, 0.15) is 30.9 Å². The molecule has 0 aromatic heterocycles. The Morgan fingerprint density at radius 3 is 2.75 bits per heavy atom. The zero-order valence-corrected chi connectivity index (χ0v) is 10.2. The largest absolute Gasteiger partial charge is 0.493 e. The molecule has 0 amide bonds. The van der Waals surface area contributed by atoms with Crippen molar-refractivity contribution in [1.29, 1.82) is 0 Å². The fourth-order valence-electron chi connectivity index (χ4n) is 1.86. The molecule has 0 saturated heterocycles. The van der Waals surface area contributed by atoms with E-state index in [0.29, 0.717) is 0 Å². The molecule has 2 rings (SSSR count). The number of benzene rings is 1. The summed E-state index contributed by atoms with van der Waals surface area (Å²) in [5.74, 6) is 1.84. The summed E-state index contributed by atoms with van der Waals surface area (Å²) in [6.45, 7) is 5.02. The molecule has 1 aromatic carbocycles. The van der Waals surface area contributed by atoms with Gasteiger partial charge in [0.1, 0.15) is 5.75 Å². The fourth-order valence-corrected chi connectivity index (χ4v) is 1.86. The molecule has 88 valence electrons. The molecule has 1 saturated carbocycles. The van der Waals surface area contributed by atoms with E-state index >= 15 is 0 Å². The number of nitrogens with two attached hydrogens (primary N) is 1. The first-order valence-corrected chi connectivity index (χ1v) is 6.13. The Balaban J connectivity index is 1.97. The minimum atomic E-state index is 0.220. The molecule has 0 bridgehead atoms. The van der Waals surface area contributed by atoms with Crippen LogP contribution in [0.15, 0.2) is 18.2 Å². The van der Waals surface area contributed by atoms with Crippen LogP contribution >= 0.6 is 0 Å². The van der Waals surface area contributed by atoms with Crippen molar-refractivity contribution in [2.45, 2.75) is 39.2 Å². The van der Waals surface area contributed by atoms with E-state index < -0.39 is 0 Å². The van der Waals surface area contributed by atoms with Gasteiger partial charge < -0.3 is 10.5 Å². The molecular formula is C14H21NO. The summed E-state index contributed by atoms with van der Waals surface area (Å²) < 4.78 is 5.79. The SMILES string of the molecule is Cc1cc(CC(C)N)ccc1OCC1CC1. The van der Waals surface area contributed by atoms with Gasteiger partial charge in [0.25, 0.3) is 0 Å². The van der Waals surface area contributed by atoms with E-state index in [-0.39, 0.29) is 6.04 Å². The summed E-state index contributed by atoms with van der Waals surface area (Å²) >= 11 is 0. The molecule has 1 aromatic rings. The van der Waals surface area contributed by atoms with Gasteiger partial charge in [0.15, 0.2) is 0 Å². The quantitative estimate of drug-likeness (QED) is 0.826. The summed E-state index contributed by atoms with van der Waals surface area (Å²) in [4.78, 5) is 0. The predicted molar refractivity (Wildman–Crippen MR) is 66.8 cm³/mol. The molecular weight excluding hydrogens is 198 g/mol. The Bertz CT molecular complexity index is 356. The van der Waals surface area contributed by atoms with Crippen LogP contribution in [0.2, 0.25) is 0 Å². The fraction of sp³-hybridized carbons (Fsp3) is 0.571. The van der Waals surface area contributed by atoms with Gasteiger partial charge in [0, 0.05) is 6.04 Å².